The summed E-state index contributed by atoms with van der Waals surface area (Å²) in [4.78, 5) is 27.4. The van der Waals surface area contributed by atoms with Crippen molar-refractivity contribution in [2.24, 2.45) is 0 Å². The maximum absolute atomic E-state index is 13.0. The molecule has 25 heavy (non-hydrogen) atoms. The average Bonchev–Trinajstić information content (AvgIpc) is 2.63. The maximum Gasteiger partial charge on any atom is 0.335 e. The van der Waals surface area contributed by atoms with Gasteiger partial charge in [0.05, 0.1) is 5.56 Å². The van der Waals surface area contributed by atoms with E-state index in [1.807, 2.05) is 6.07 Å². The molecule has 2 aromatic rings. The van der Waals surface area contributed by atoms with E-state index in [1.54, 1.807) is 23.1 Å². The third-order valence-corrected chi connectivity index (χ3v) is 4.33. The van der Waals surface area contributed by atoms with Gasteiger partial charge >= 0.3 is 5.97 Å². The predicted molar refractivity (Wildman–Crippen MR) is 91.0 cm³/mol. The molecule has 1 fully saturated rings. The van der Waals surface area contributed by atoms with Crippen LogP contribution >= 0.6 is 0 Å². The highest BCUT2D eigenvalue weighted by molar-refractivity contribution is 5.94. The molecule has 0 unspecified atom stereocenters. The predicted octanol–water partition coefficient (Wildman–Crippen LogP) is 2.48. The Balaban J connectivity index is 1.56. The summed E-state index contributed by atoms with van der Waals surface area (Å²) in [6, 6.07) is 12.5. The number of aromatic carboxylic acids is 1. The molecule has 1 N–H and O–H groups in total. The normalized spacial score (nSPS) is 15.2. The zero-order chi connectivity index (χ0) is 17.8. The molecule has 1 amide bonds. The Bertz CT molecular complexity index is 768. The van der Waals surface area contributed by atoms with Gasteiger partial charge in [0, 0.05) is 38.3 Å². The Labute approximate surface area is 145 Å². The molecule has 0 radical (unpaired) electrons. The first-order chi connectivity index (χ1) is 12.0. The van der Waals surface area contributed by atoms with E-state index < -0.39 is 5.97 Å². The largest absolute Gasteiger partial charge is 0.478 e. The first-order valence-electron chi connectivity index (χ1n) is 8.12. The van der Waals surface area contributed by atoms with Gasteiger partial charge in [0.2, 0.25) is 0 Å². The van der Waals surface area contributed by atoms with Gasteiger partial charge in [-0.15, -0.1) is 0 Å². The standard InChI is InChI=1S/C19H19FN2O3/c20-17-6-4-15(5-7-17)18(23)22-10-8-21(9-11-22)13-14-2-1-3-16(12-14)19(24)25/h1-7,12H,8-11,13H2,(H,24,25). The number of nitrogens with zero attached hydrogens (tertiary/aromatic N) is 2. The zero-order valence-corrected chi connectivity index (χ0v) is 13.7. The van der Waals surface area contributed by atoms with Crippen molar-refractivity contribution in [3.63, 3.8) is 0 Å². The summed E-state index contributed by atoms with van der Waals surface area (Å²) in [5, 5.41) is 9.06. The third kappa shape index (κ3) is 4.22. The van der Waals surface area contributed by atoms with Crippen LogP contribution in [0.2, 0.25) is 0 Å². The first kappa shape index (κ1) is 17.1. The number of rotatable bonds is 4. The second kappa shape index (κ2) is 7.44. The van der Waals surface area contributed by atoms with E-state index in [0.717, 1.165) is 5.56 Å². The van der Waals surface area contributed by atoms with Crippen molar-refractivity contribution in [2.45, 2.75) is 6.54 Å². The lowest BCUT2D eigenvalue weighted by atomic mass is 10.1. The summed E-state index contributed by atoms with van der Waals surface area (Å²) in [6.45, 7) is 3.26. The van der Waals surface area contributed by atoms with Crippen molar-refractivity contribution in [1.82, 2.24) is 9.80 Å². The first-order valence-corrected chi connectivity index (χ1v) is 8.12. The molecular formula is C19H19FN2O3. The molecule has 0 aliphatic carbocycles. The number of benzene rings is 2. The minimum atomic E-state index is -0.934. The van der Waals surface area contributed by atoms with Crippen LogP contribution in [0.5, 0.6) is 0 Å². The Morgan fingerprint density at radius 2 is 1.64 bits per heavy atom. The molecule has 0 aromatic heterocycles. The molecule has 5 nitrogen and oxygen atoms in total. The number of piperazine rings is 1. The molecule has 1 aliphatic rings. The van der Waals surface area contributed by atoms with E-state index in [2.05, 4.69) is 4.90 Å². The van der Waals surface area contributed by atoms with Gasteiger partial charge in [0.1, 0.15) is 5.82 Å². The topological polar surface area (TPSA) is 60.9 Å². The molecular weight excluding hydrogens is 323 g/mol. The zero-order valence-electron chi connectivity index (χ0n) is 13.7. The van der Waals surface area contributed by atoms with E-state index in [9.17, 15) is 14.0 Å². The van der Waals surface area contributed by atoms with Crippen LogP contribution in [0.25, 0.3) is 0 Å². The van der Waals surface area contributed by atoms with Crippen LogP contribution in [0.4, 0.5) is 4.39 Å². The molecule has 130 valence electrons. The van der Waals surface area contributed by atoms with E-state index >= 15 is 0 Å². The van der Waals surface area contributed by atoms with Gasteiger partial charge in [-0.2, -0.15) is 0 Å². The Hall–Kier alpha value is -2.73. The number of amides is 1. The lowest BCUT2D eigenvalue weighted by molar-refractivity contribution is 0.0626. The summed E-state index contributed by atoms with van der Waals surface area (Å²) < 4.78 is 13.0. The minimum absolute atomic E-state index is 0.0903. The fraction of sp³-hybridized carbons (Fsp3) is 0.263. The van der Waals surface area contributed by atoms with Crippen molar-refractivity contribution in [1.29, 1.82) is 0 Å². The van der Waals surface area contributed by atoms with Gasteiger partial charge in [-0.25, -0.2) is 9.18 Å². The van der Waals surface area contributed by atoms with Crippen LogP contribution in [0.15, 0.2) is 48.5 Å². The molecule has 0 atom stereocenters. The lowest BCUT2D eigenvalue weighted by Gasteiger charge is -2.34. The molecule has 0 saturated carbocycles. The molecule has 1 heterocycles. The van der Waals surface area contributed by atoms with Crippen molar-refractivity contribution in [2.75, 3.05) is 26.2 Å². The highest BCUT2D eigenvalue weighted by Crippen LogP contribution is 2.13. The number of carboxylic acid groups (broad SMARTS) is 1. The SMILES string of the molecule is O=C(O)c1cccc(CN2CCN(C(=O)c3ccc(F)cc3)CC2)c1. The van der Waals surface area contributed by atoms with E-state index in [1.165, 1.54) is 24.3 Å². The van der Waals surface area contributed by atoms with Gasteiger partial charge in [0.25, 0.3) is 5.91 Å². The highest BCUT2D eigenvalue weighted by Gasteiger charge is 2.22. The number of carboxylic acids is 1. The summed E-state index contributed by atoms with van der Waals surface area (Å²) in [6.07, 6.45) is 0. The van der Waals surface area contributed by atoms with Crippen molar-refractivity contribution < 1.29 is 19.1 Å². The average molecular weight is 342 g/mol. The van der Waals surface area contributed by atoms with Crippen LogP contribution in [-0.2, 0) is 6.54 Å². The summed E-state index contributed by atoms with van der Waals surface area (Å²) in [5.41, 5.74) is 1.71. The van der Waals surface area contributed by atoms with Gasteiger partial charge < -0.3 is 10.0 Å². The minimum Gasteiger partial charge on any atom is -0.478 e. The molecule has 1 saturated heterocycles. The van der Waals surface area contributed by atoms with Crippen LogP contribution in [0, 0.1) is 5.82 Å². The third-order valence-electron chi connectivity index (χ3n) is 4.33. The van der Waals surface area contributed by atoms with Gasteiger partial charge in [0.15, 0.2) is 0 Å². The lowest BCUT2D eigenvalue weighted by Crippen LogP contribution is -2.48. The Morgan fingerprint density at radius 1 is 0.960 bits per heavy atom. The van der Waals surface area contributed by atoms with Crippen LogP contribution in [0.3, 0.4) is 0 Å². The van der Waals surface area contributed by atoms with Gasteiger partial charge in [-0.1, -0.05) is 12.1 Å². The number of carbonyl (C=O) groups is 2. The van der Waals surface area contributed by atoms with Crippen molar-refractivity contribution in [3.8, 4) is 0 Å². The molecule has 3 rings (SSSR count). The fourth-order valence-electron chi connectivity index (χ4n) is 2.95. The van der Waals surface area contributed by atoms with Crippen LogP contribution in [-0.4, -0.2) is 53.0 Å². The fourth-order valence-corrected chi connectivity index (χ4v) is 2.95. The van der Waals surface area contributed by atoms with Crippen molar-refractivity contribution in [3.05, 3.63) is 71.0 Å². The quantitative estimate of drug-likeness (QED) is 0.927. The summed E-state index contributed by atoms with van der Waals surface area (Å²) in [7, 11) is 0. The highest BCUT2D eigenvalue weighted by atomic mass is 19.1. The second-order valence-electron chi connectivity index (χ2n) is 6.08. The molecule has 6 heteroatoms. The number of hydrogen-bond donors (Lipinski definition) is 1. The smallest absolute Gasteiger partial charge is 0.335 e. The monoisotopic (exact) mass is 342 g/mol. The van der Waals surface area contributed by atoms with Crippen LogP contribution in [0.1, 0.15) is 26.3 Å². The summed E-state index contributed by atoms with van der Waals surface area (Å²) >= 11 is 0. The molecule has 0 spiro atoms. The molecule has 0 bridgehead atoms. The number of halogens is 1. The Morgan fingerprint density at radius 3 is 2.28 bits per heavy atom. The van der Waals surface area contributed by atoms with E-state index in [4.69, 9.17) is 5.11 Å². The summed E-state index contributed by atoms with van der Waals surface area (Å²) in [5.74, 6) is -1.38. The molecule has 2 aromatic carbocycles. The number of carbonyl (C=O) groups excluding carboxylic acids is 1. The van der Waals surface area contributed by atoms with Crippen molar-refractivity contribution >= 4 is 11.9 Å². The van der Waals surface area contributed by atoms with E-state index in [-0.39, 0.29) is 17.3 Å². The van der Waals surface area contributed by atoms with Gasteiger partial charge in [-0.05, 0) is 42.0 Å². The van der Waals surface area contributed by atoms with E-state index in [0.29, 0.717) is 38.3 Å². The van der Waals surface area contributed by atoms with Crippen LogP contribution < -0.4 is 0 Å². The second-order valence-corrected chi connectivity index (χ2v) is 6.08. The molecule has 1 aliphatic heterocycles. The van der Waals surface area contributed by atoms with Gasteiger partial charge in [-0.3, -0.25) is 9.69 Å². The number of hydrogen-bond acceptors (Lipinski definition) is 3. The maximum atomic E-state index is 13.0. The Kier molecular flexibility index (Phi) is 5.09.